The van der Waals surface area contributed by atoms with Crippen LogP contribution in [0.3, 0.4) is 0 Å². The first-order chi connectivity index (χ1) is 8.61. The second kappa shape index (κ2) is 5.29. The Kier molecular flexibility index (Phi) is 3.75. The molecular weight excluding hydrogens is 226 g/mol. The van der Waals surface area contributed by atoms with Crippen LogP contribution in [0.2, 0.25) is 0 Å². The van der Waals surface area contributed by atoms with Crippen molar-refractivity contribution in [3.05, 3.63) is 23.3 Å². The third-order valence-electron chi connectivity index (χ3n) is 3.37. The van der Waals surface area contributed by atoms with Crippen LogP contribution in [-0.4, -0.2) is 25.5 Å². The number of hydrogen-bond acceptors (Lipinski definition) is 3. The molecule has 4 heteroatoms. The van der Waals surface area contributed by atoms with Gasteiger partial charge in [0.15, 0.2) is 0 Å². The van der Waals surface area contributed by atoms with E-state index in [1.165, 1.54) is 5.56 Å². The Labute approximate surface area is 108 Å². The van der Waals surface area contributed by atoms with Crippen molar-refractivity contribution in [2.75, 3.05) is 30.3 Å². The highest BCUT2D eigenvalue weighted by Crippen LogP contribution is 2.31. The molecule has 0 atom stereocenters. The lowest BCUT2D eigenvalue weighted by molar-refractivity contribution is -0.119. The Bertz CT molecular complexity index is 457. The van der Waals surface area contributed by atoms with Crippen LogP contribution in [0.25, 0.3) is 0 Å². The normalized spacial score (nSPS) is 13.6. The number of carbonyl (C=O) groups is 1. The van der Waals surface area contributed by atoms with Gasteiger partial charge in [0.25, 0.3) is 0 Å². The summed E-state index contributed by atoms with van der Waals surface area (Å²) in [7, 11) is 0. The summed E-state index contributed by atoms with van der Waals surface area (Å²) in [4.78, 5) is 13.8. The first-order valence-corrected chi connectivity index (χ1v) is 6.52. The van der Waals surface area contributed by atoms with E-state index in [9.17, 15) is 4.79 Å². The molecule has 1 aliphatic heterocycles. The minimum atomic E-state index is 0.0869. The molecule has 0 saturated heterocycles. The maximum Gasteiger partial charge on any atom is 0.239 e. The quantitative estimate of drug-likeness (QED) is 0.792. The van der Waals surface area contributed by atoms with Crippen molar-refractivity contribution in [3.63, 3.8) is 0 Å². The Balaban J connectivity index is 2.07. The molecule has 0 radical (unpaired) electrons. The van der Waals surface area contributed by atoms with Crippen molar-refractivity contribution in [2.24, 2.45) is 0 Å². The molecule has 98 valence electrons. The molecule has 0 spiro atoms. The molecular formula is C14H21N3O. The fourth-order valence-electron chi connectivity index (χ4n) is 2.30. The molecule has 1 aromatic rings. The van der Waals surface area contributed by atoms with Gasteiger partial charge in [0.1, 0.15) is 0 Å². The van der Waals surface area contributed by atoms with Crippen molar-refractivity contribution < 1.29 is 4.79 Å². The van der Waals surface area contributed by atoms with Gasteiger partial charge in [-0.3, -0.25) is 4.79 Å². The number of nitrogens with one attached hydrogen (secondary N) is 1. The molecule has 4 nitrogen and oxygen atoms in total. The van der Waals surface area contributed by atoms with Crippen molar-refractivity contribution in [3.8, 4) is 0 Å². The number of hydrogen-bond donors (Lipinski definition) is 2. The van der Waals surface area contributed by atoms with Crippen LogP contribution in [0, 0.1) is 6.92 Å². The number of aryl methyl sites for hydroxylation is 1. The molecule has 18 heavy (non-hydrogen) atoms. The number of nitrogens with zero attached hydrogens (tertiary/aromatic N) is 1. The largest absolute Gasteiger partial charge is 0.398 e. The van der Waals surface area contributed by atoms with E-state index in [0.29, 0.717) is 6.54 Å². The maximum atomic E-state index is 11.7. The Morgan fingerprint density at radius 1 is 1.50 bits per heavy atom. The van der Waals surface area contributed by atoms with E-state index in [0.717, 1.165) is 42.9 Å². The molecule has 0 bridgehead atoms. The van der Waals surface area contributed by atoms with Gasteiger partial charge < -0.3 is 16.0 Å². The van der Waals surface area contributed by atoms with Crippen LogP contribution in [0.1, 0.15) is 24.5 Å². The highest BCUT2D eigenvalue weighted by molar-refractivity contribution is 5.82. The molecule has 0 aromatic heterocycles. The predicted molar refractivity (Wildman–Crippen MR) is 74.8 cm³/mol. The number of nitrogens with two attached hydrogens (primary N) is 1. The highest BCUT2D eigenvalue weighted by Gasteiger charge is 2.21. The van der Waals surface area contributed by atoms with Gasteiger partial charge in [-0.1, -0.05) is 13.0 Å². The molecule has 1 aliphatic rings. The molecule has 2 rings (SSSR count). The monoisotopic (exact) mass is 247 g/mol. The number of anilines is 2. The smallest absolute Gasteiger partial charge is 0.239 e. The lowest BCUT2D eigenvalue weighted by Crippen LogP contribution is -2.36. The summed E-state index contributed by atoms with van der Waals surface area (Å²) in [6.45, 7) is 6.14. The van der Waals surface area contributed by atoms with Gasteiger partial charge in [0.2, 0.25) is 5.91 Å². The van der Waals surface area contributed by atoms with E-state index in [-0.39, 0.29) is 5.91 Å². The molecule has 3 N–H and O–H groups in total. The first kappa shape index (κ1) is 12.7. The van der Waals surface area contributed by atoms with Gasteiger partial charge in [0.05, 0.1) is 6.54 Å². The first-order valence-electron chi connectivity index (χ1n) is 6.52. The van der Waals surface area contributed by atoms with E-state index < -0.39 is 0 Å². The van der Waals surface area contributed by atoms with Crippen LogP contribution in [0.15, 0.2) is 12.1 Å². The molecule has 0 unspecified atom stereocenters. The molecule has 0 saturated carbocycles. The second-order valence-electron chi connectivity index (χ2n) is 4.86. The number of benzene rings is 1. The minimum absolute atomic E-state index is 0.0869. The number of nitrogen functional groups attached to an aromatic ring is 1. The number of fused-ring (bicyclic) bond motifs is 1. The fraction of sp³-hybridized carbons (Fsp3) is 0.500. The number of amides is 1. The maximum absolute atomic E-state index is 11.7. The standard InChI is InChI=1S/C14H21N3O/c1-3-5-16-14(18)9-17-6-4-11-7-10(2)12(15)8-13(11)17/h7-8H,3-6,9,15H2,1-2H3,(H,16,18). The third-order valence-corrected chi connectivity index (χ3v) is 3.37. The van der Waals surface area contributed by atoms with Gasteiger partial charge in [-0.15, -0.1) is 0 Å². The molecule has 1 aromatic carbocycles. The van der Waals surface area contributed by atoms with E-state index >= 15 is 0 Å². The number of rotatable bonds is 4. The summed E-state index contributed by atoms with van der Waals surface area (Å²) >= 11 is 0. The van der Waals surface area contributed by atoms with Crippen molar-refractivity contribution in [1.29, 1.82) is 0 Å². The highest BCUT2D eigenvalue weighted by atomic mass is 16.2. The summed E-state index contributed by atoms with van der Waals surface area (Å²) < 4.78 is 0. The average Bonchev–Trinajstić information content (AvgIpc) is 2.70. The van der Waals surface area contributed by atoms with Gasteiger partial charge >= 0.3 is 0 Å². The fourth-order valence-corrected chi connectivity index (χ4v) is 2.30. The lowest BCUT2D eigenvalue weighted by Gasteiger charge is -2.19. The van der Waals surface area contributed by atoms with Crippen molar-refractivity contribution >= 4 is 17.3 Å². The average molecular weight is 247 g/mol. The summed E-state index contributed by atoms with van der Waals surface area (Å²) in [5.41, 5.74) is 10.3. The summed E-state index contributed by atoms with van der Waals surface area (Å²) in [6, 6.07) is 4.12. The zero-order chi connectivity index (χ0) is 13.1. The summed E-state index contributed by atoms with van der Waals surface area (Å²) in [5.74, 6) is 0.0869. The van der Waals surface area contributed by atoms with Crippen LogP contribution in [-0.2, 0) is 11.2 Å². The lowest BCUT2D eigenvalue weighted by atomic mass is 10.1. The zero-order valence-electron chi connectivity index (χ0n) is 11.1. The van der Waals surface area contributed by atoms with E-state index in [4.69, 9.17) is 5.73 Å². The van der Waals surface area contributed by atoms with Crippen molar-refractivity contribution in [1.82, 2.24) is 5.32 Å². The van der Waals surface area contributed by atoms with Crippen molar-refractivity contribution in [2.45, 2.75) is 26.7 Å². The van der Waals surface area contributed by atoms with Gasteiger partial charge in [-0.2, -0.15) is 0 Å². The van der Waals surface area contributed by atoms with Gasteiger partial charge in [0, 0.05) is 24.5 Å². The molecule has 1 amide bonds. The SMILES string of the molecule is CCCNC(=O)CN1CCc2cc(C)c(N)cc21. The topological polar surface area (TPSA) is 58.4 Å². The van der Waals surface area contributed by atoms with Crippen LogP contribution in [0.5, 0.6) is 0 Å². The van der Waals surface area contributed by atoms with Gasteiger partial charge in [-0.25, -0.2) is 0 Å². The van der Waals surface area contributed by atoms with E-state index in [2.05, 4.69) is 23.2 Å². The molecule has 0 fully saturated rings. The second-order valence-corrected chi connectivity index (χ2v) is 4.86. The Morgan fingerprint density at radius 3 is 3.00 bits per heavy atom. The Hall–Kier alpha value is -1.71. The van der Waals surface area contributed by atoms with Gasteiger partial charge in [-0.05, 0) is 37.0 Å². The number of carbonyl (C=O) groups excluding carboxylic acids is 1. The van der Waals surface area contributed by atoms with E-state index in [1.54, 1.807) is 0 Å². The van der Waals surface area contributed by atoms with Crippen LogP contribution < -0.4 is 16.0 Å². The summed E-state index contributed by atoms with van der Waals surface area (Å²) in [6.07, 6.45) is 1.96. The Morgan fingerprint density at radius 2 is 2.28 bits per heavy atom. The van der Waals surface area contributed by atoms with Crippen LogP contribution in [0.4, 0.5) is 11.4 Å². The van der Waals surface area contributed by atoms with E-state index in [1.807, 2.05) is 13.0 Å². The minimum Gasteiger partial charge on any atom is -0.398 e. The zero-order valence-corrected chi connectivity index (χ0v) is 11.1. The summed E-state index contributed by atoms with van der Waals surface area (Å²) in [5, 5.41) is 2.90. The van der Waals surface area contributed by atoms with Crippen LogP contribution >= 0.6 is 0 Å². The molecule has 1 heterocycles. The molecule has 0 aliphatic carbocycles. The third kappa shape index (κ3) is 2.58. The predicted octanol–water partition coefficient (Wildman–Crippen LogP) is 1.47.